The number of nitrogens with zero attached hydrogens (tertiary/aromatic N) is 4. The van der Waals surface area contributed by atoms with E-state index in [-0.39, 0.29) is 6.17 Å². The van der Waals surface area contributed by atoms with Gasteiger partial charge in [-0.25, -0.2) is 15.4 Å². The average molecular weight is 545 g/mol. The van der Waals surface area contributed by atoms with Crippen molar-refractivity contribution in [2.45, 2.75) is 32.5 Å². The molecule has 1 unspecified atom stereocenters. The Labute approximate surface area is 239 Å². The minimum absolute atomic E-state index is 0.242. The lowest BCUT2D eigenvalue weighted by atomic mass is 10.00. The molecule has 2 N–H and O–H groups in total. The van der Waals surface area contributed by atoms with Gasteiger partial charge in [0.05, 0.1) is 30.2 Å². The molecule has 2 bridgehead atoms. The fraction of sp³-hybridized carbons (Fsp3) is 0.212. The van der Waals surface area contributed by atoms with Gasteiger partial charge in [0.15, 0.2) is 0 Å². The van der Waals surface area contributed by atoms with Crippen molar-refractivity contribution in [3.8, 4) is 22.9 Å². The smallest absolute Gasteiger partial charge is 0.214 e. The van der Waals surface area contributed by atoms with Gasteiger partial charge in [0.1, 0.15) is 18.2 Å². The zero-order valence-corrected chi connectivity index (χ0v) is 23.2. The third kappa shape index (κ3) is 4.98. The van der Waals surface area contributed by atoms with E-state index in [2.05, 4.69) is 64.3 Å². The van der Waals surface area contributed by atoms with Crippen LogP contribution in [0.15, 0.2) is 108 Å². The van der Waals surface area contributed by atoms with Crippen LogP contribution in [0.2, 0.25) is 0 Å². The van der Waals surface area contributed by atoms with Crippen molar-refractivity contribution in [2.75, 3.05) is 18.6 Å². The summed E-state index contributed by atoms with van der Waals surface area (Å²) in [5.74, 6) is 2.26. The normalized spacial score (nSPS) is 17.7. The summed E-state index contributed by atoms with van der Waals surface area (Å²) in [6, 6.07) is 24.1. The number of pyridine rings is 2. The number of hydrogen-bond donors (Lipinski definition) is 2. The second-order valence-corrected chi connectivity index (χ2v) is 10.4. The summed E-state index contributed by atoms with van der Waals surface area (Å²) in [4.78, 5) is 12.3. The van der Waals surface area contributed by atoms with Gasteiger partial charge in [-0.1, -0.05) is 37.3 Å². The van der Waals surface area contributed by atoms with Gasteiger partial charge < -0.3 is 19.7 Å². The number of hydrazine groups is 1. The molecule has 41 heavy (non-hydrogen) atoms. The maximum atomic E-state index is 6.08. The lowest BCUT2D eigenvalue weighted by molar-refractivity contribution is 0.219. The van der Waals surface area contributed by atoms with Gasteiger partial charge in [0.2, 0.25) is 5.88 Å². The van der Waals surface area contributed by atoms with E-state index in [4.69, 9.17) is 19.4 Å². The van der Waals surface area contributed by atoms with E-state index in [0.717, 1.165) is 52.1 Å². The van der Waals surface area contributed by atoms with Crippen LogP contribution in [-0.4, -0.2) is 34.8 Å². The summed E-state index contributed by atoms with van der Waals surface area (Å²) >= 11 is 0. The van der Waals surface area contributed by atoms with Crippen LogP contribution in [0.4, 0.5) is 5.82 Å². The van der Waals surface area contributed by atoms with Crippen LogP contribution >= 0.6 is 0 Å². The van der Waals surface area contributed by atoms with Gasteiger partial charge in [-0.2, -0.15) is 0 Å². The van der Waals surface area contributed by atoms with Crippen molar-refractivity contribution in [2.24, 2.45) is 0 Å². The van der Waals surface area contributed by atoms with Crippen molar-refractivity contribution in [1.82, 2.24) is 25.7 Å². The number of fused-ring (bicyclic) bond motifs is 4. The molecule has 4 aromatic rings. The molecule has 3 aliphatic rings. The Morgan fingerprint density at radius 3 is 2.63 bits per heavy atom. The standard InChI is InChI=1S/C33H32N6O2/c1-3-31-34-25-17-24-19-38(16-15-30(24)39(20-25)37-31)33-27-13-14-32(41-21-22-7-5-4-6-8-22)35-29(27)18-28(36-33)23-9-11-26(40-2)12-10-23/h4-15,18-20,31,34,37H,3,16-17,21H2,1-2H3. The summed E-state index contributed by atoms with van der Waals surface area (Å²) in [6.07, 6.45) is 8.75. The van der Waals surface area contributed by atoms with E-state index in [1.54, 1.807) is 7.11 Å². The second kappa shape index (κ2) is 10.6. The third-order valence-electron chi connectivity index (χ3n) is 7.64. The average Bonchev–Trinajstić information content (AvgIpc) is 3.03. The van der Waals surface area contributed by atoms with Crippen LogP contribution in [0, 0.1) is 0 Å². The largest absolute Gasteiger partial charge is 0.497 e. The number of aromatic nitrogens is 2. The SMILES string of the molecule is CCC1NC2=CN(N1)C1=CCN(c3nc(-c4ccc(OC)cc4)cc4nc(OCc5ccccc5)ccc34)C=C1C2. The number of benzene rings is 2. The molecule has 2 aromatic heterocycles. The molecule has 5 heterocycles. The Balaban J connectivity index is 1.26. The summed E-state index contributed by atoms with van der Waals surface area (Å²) in [5, 5.41) is 6.72. The van der Waals surface area contributed by atoms with Crippen LogP contribution in [-0.2, 0) is 6.61 Å². The highest BCUT2D eigenvalue weighted by atomic mass is 16.5. The minimum atomic E-state index is 0.242. The monoisotopic (exact) mass is 544 g/mol. The molecule has 0 spiro atoms. The first kappa shape index (κ1) is 25.2. The zero-order chi connectivity index (χ0) is 27.8. The summed E-state index contributed by atoms with van der Waals surface area (Å²) in [5.41, 5.74) is 11.0. The Morgan fingerprint density at radius 1 is 0.976 bits per heavy atom. The summed E-state index contributed by atoms with van der Waals surface area (Å²) in [6.45, 7) is 3.34. The second-order valence-electron chi connectivity index (χ2n) is 10.4. The Bertz CT molecular complexity index is 1680. The molecule has 8 heteroatoms. The molecule has 2 aromatic carbocycles. The summed E-state index contributed by atoms with van der Waals surface area (Å²) < 4.78 is 11.5. The Kier molecular flexibility index (Phi) is 6.53. The predicted molar refractivity (Wildman–Crippen MR) is 161 cm³/mol. The van der Waals surface area contributed by atoms with Crippen molar-refractivity contribution in [1.29, 1.82) is 0 Å². The molecule has 0 saturated heterocycles. The molecule has 0 saturated carbocycles. The number of hydrogen-bond acceptors (Lipinski definition) is 8. The third-order valence-corrected chi connectivity index (χ3v) is 7.64. The van der Waals surface area contributed by atoms with E-state index in [0.29, 0.717) is 19.0 Å². The molecule has 0 amide bonds. The quantitative estimate of drug-likeness (QED) is 0.300. The molecule has 7 rings (SSSR count). The molecule has 0 radical (unpaired) electrons. The highest BCUT2D eigenvalue weighted by molar-refractivity contribution is 5.93. The first-order chi connectivity index (χ1) is 20.2. The first-order valence-corrected chi connectivity index (χ1v) is 14.0. The van der Waals surface area contributed by atoms with Gasteiger partial charge >= 0.3 is 0 Å². The molecule has 8 nitrogen and oxygen atoms in total. The minimum Gasteiger partial charge on any atom is -0.497 e. The highest BCUT2D eigenvalue weighted by Crippen LogP contribution is 2.36. The molecular formula is C33H32N6O2. The van der Waals surface area contributed by atoms with E-state index in [9.17, 15) is 0 Å². The van der Waals surface area contributed by atoms with E-state index < -0.39 is 0 Å². The van der Waals surface area contributed by atoms with Gasteiger partial charge in [0.25, 0.3) is 0 Å². The van der Waals surface area contributed by atoms with Crippen molar-refractivity contribution in [3.05, 3.63) is 114 Å². The van der Waals surface area contributed by atoms with Crippen molar-refractivity contribution in [3.63, 3.8) is 0 Å². The molecule has 0 fully saturated rings. The molecule has 206 valence electrons. The zero-order valence-electron chi connectivity index (χ0n) is 23.2. The Morgan fingerprint density at radius 2 is 1.83 bits per heavy atom. The number of methoxy groups -OCH3 is 1. The topological polar surface area (TPSA) is 74.8 Å². The number of anilines is 1. The van der Waals surface area contributed by atoms with Crippen molar-refractivity contribution < 1.29 is 9.47 Å². The number of ether oxygens (including phenoxy) is 2. The maximum absolute atomic E-state index is 6.08. The molecule has 3 aliphatic heterocycles. The maximum Gasteiger partial charge on any atom is 0.214 e. The number of rotatable bonds is 7. The highest BCUT2D eigenvalue weighted by Gasteiger charge is 2.30. The number of nitrogens with one attached hydrogen (secondary N) is 2. The first-order valence-electron chi connectivity index (χ1n) is 14.0. The van der Waals surface area contributed by atoms with Gasteiger partial charge in [-0.05, 0) is 60.0 Å². The van der Waals surface area contributed by atoms with Crippen LogP contribution in [0.3, 0.4) is 0 Å². The molecular weight excluding hydrogens is 512 g/mol. The summed E-state index contributed by atoms with van der Waals surface area (Å²) in [7, 11) is 1.67. The predicted octanol–water partition coefficient (Wildman–Crippen LogP) is 5.86. The lowest BCUT2D eigenvalue weighted by Gasteiger charge is -2.42. The van der Waals surface area contributed by atoms with Gasteiger partial charge in [0, 0.05) is 48.1 Å². The van der Waals surface area contributed by atoms with E-state index in [1.165, 1.54) is 17.0 Å². The molecule has 1 atom stereocenters. The van der Waals surface area contributed by atoms with Crippen LogP contribution in [0.1, 0.15) is 25.3 Å². The Hall–Kier alpha value is -4.82. The van der Waals surface area contributed by atoms with Crippen LogP contribution < -0.4 is 25.1 Å². The molecule has 0 aliphatic carbocycles. The van der Waals surface area contributed by atoms with Crippen LogP contribution in [0.25, 0.3) is 22.2 Å². The van der Waals surface area contributed by atoms with Gasteiger partial charge in [-0.3, -0.25) is 5.01 Å². The van der Waals surface area contributed by atoms with Crippen molar-refractivity contribution >= 4 is 16.7 Å². The van der Waals surface area contributed by atoms with E-state index in [1.807, 2.05) is 54.6 Å². The fourth-order valence-electron chi connectivity index (χ4n) is 5.48. The lowest BCUT2D eigenvalue weighted by Crippen LogP contribution is -2.55. The fourth-order valence-corrected chi connectivity index (χ4v) is 5.48. The van der Waals surface area contributed by atoms with E-state index >= 15 is 0 Å². The van der Waals surface area contributed by atoms with Gasteiger partial charge in [-0.15, -0.1) is 0 Å². The number of allylic oxidation sites excluding steroid dienone is 2. The van der Waals surface area contributed by atoms with Crippen LogP contribution in [0.5, 0.6) is 11.6 Å².